The normalized spacial score (nSPS) is 10.1. The van der Waals surface area contributed by atoms with Crippen LogP contribution in [-0.2, 0) is 31.9 Å². The van der Waals surface area contributed by atoms with Crippen LogP contribution < -0.4 is 0 Å². The molecule has 0 amide bonds. The van der Waals surface area contributed by atoms with Gasteiger partial charge in [0, 0.05) is 0 Å². The SMILES string of the molecule is CCCOC(=O)Cc1ccccc1CC(=O)OCCC. The third-order valence-corrected chi connectivity index (χ3v) is 2.72. The first-order chi connectivity index (χ1) is 9.67. The summed E-state index contributed by atoms with van der Waals surface area (Å²) in [5.41, 5.74) is 1.64. The van der Waals surface area contributed by atoms with Crippen molar-refractivity contribution in [3.8, 4) is 0 Å². The van der Waals surface area contributed by atoms with Gasteiger partial charge in [0.1, 0.15) is 0 Å². The lowest BCUT2D eigenvalue weighted by Gasteiger charge is -2.09. The van der Waals surface area contributed by atoms with Crippen molar-refractivity contribution < 1.29 is 19.1 Å². The van der Waals surface area contributed by atoms with Gasteiger partial charge in [0.05, 0.1) is 26.1 Å². The van der Waals surface area contributed by atoms with Gasteiger partial charge in [-0.3, -0.25) is 9.59 Å². The predicted molar refractivity (Wildman–Crippen MR) is 76.4 cm³/mol. The van der Waals surface area contributed by atoms with Crippen molar-refractivity contribution in [1.82, 2.24) is 0 Å². The first-order valence-corrected chi connectivity index (χ1v) is 7.05. The first kappa shape index (κ1) is 16.2. The van der Waals surface area contributed by atoms with E-state index in [1.54, 1.807) is 0 Å². The molecule has 20 heavy (non-hydrogen) atoms. The molecule has 1 aromatic rings. The van der Waals surface area contributed by atoms with E-state index in [4.69, 9.17) is 9.47 Å². The lowest BCUT2D eigenvalue weighted by molar-refractivity contribution is -0.144. The van der Waals surface area contributed by atoms with E-state index in [2.05, 4.69) is 0 Å². The van der Waals surface area contributed by atoms with Crippen LogP contribution in [-0.4, -0.2) is 25.2 Å². The van der Waals surface area contributed by atoms with Crippen molar-refractivity contribution in [2.45, 2.75) is 39.5 Å². The molecule has 4 nitrogen and oxygen atoms in total. The molecular formula is C16H22O4. The second kappa shape index (κ2) is 9.13. The Hall–Kier alpha value is -1.84. The zero-order chi connectivity index (χ0) is 14.8. The summed E-state index contributed by atoms with van der Waals surface area (Å²) in [6.45, 7) is 4.76. The number of rotatable bonds is 8. The lowest BCUT2D eigenvalue weighted by atomic mass is 10.0. The van der Waals surface area contributed by atoms with E-state index in [0.29, 0.717) is 13.2 Å². The average Bonchev–Trinajstić information content (AvgIpc) is 2.45. The Balaban J connectivity index is 2.63. The highest BCUT2D eigenvalue weighted by Gasteiger charge is 2.12. The van der Waals surface area contributed by atoms with Crippen LogP contribution in [0.25, 0.3) is 0 Å². The molecule has 0 unspecified atom stereocenters. The van der Waals surface area contributed by atoms with Crippen molar-refractivity contribution in [1.29, 1.82) is 0 Å². The Kier molecular flexibility index (Phi) is 7.40. The summed E-state index contributed by atoms with van der Waals surface area (Å²) in [7, 11) is 0. The second-order valence-electron chi connectivity index (χ2n) is 4.56. The second-order valence-corrected chi connectivity index (χ2v) is 4.56. The molecule has 0 aliphatic heterocycles. The van der Waals surface area contributed by atoms with Crippen LogP contribution in [0.2, 0.25) is 0 Å². The molecule has 0 saturated heterocycles. The van der Waals surface area contributed by atoms with E-state index in [0.717, 1.165) is 24.0 Å². The Morgan fingerprint density at radius 1 is 0.850 bits per heavy atom. The summed E-state index contributed by atoms with van der Waals surface area (Å²) in [6, 6.07) is 7.39. The van der Waals surface area contributed by atoms with E-state index in [9.17, 15) is 9.59 Å². The monoisotopic (exact) mass is 278 g/mol. The third-order valence-electron chi connectivity index (χ3n) is 2.72. The number of carbonyl (C=O) groups is 2. The van der Waals surface area contributed by atoms with Gasteiger partial charge in [0.2, 0.25) is 0 Å². The van der Waals surface area contributed by atoms with Gasteiger partial charge in [0.15, 0.2) is 0 Å². The van der Waals surface area contributed by atoms with Gasteiger partial charge in [-0.25, -0.2) is 0 Å². The Labute approximate surface area is 120 Å². The largest absolute Gasteiger partial charge is 0.465 e. The summed E-state index contributed by atoms with van der Waals surface area (Å²) in [4.78, 5) is 23.3. The molecule has 0 aliphatic carbocycles. The van der Waals surface area contributed by atoms with Gasteiger partial charge in [0.25, 0.3) is 0 Å². The van der Waals surface area contributed by atoms with E-state index in [1.807, 2.05) is 38.1 Å². The Bertz CT molecular complexity index is 399. The van der Waals surface area contributed by atoms with Crippen LogP contribution in [0.15, 0.2) is 24.3 Å². The Morgan fingerprint density at radius 3 is 1.60 bits per heavy atom. The van der Waals surface area contributed by atoms with Gasteiger partial charge in [-0.05, 0) is 24.0 Å². The van der Waals surface area contributed by atoms with Crippen LogP contribution in [0.1, 0.15) is 37.8 Å². The maximum atomic E-state index is 11.6. The fourth-order valence-corrected chi connectivity index (χ4v) is 1.75. The quantitative estimate of drug-likeness (QED) is 0.686. The van der Waals surface area contributed by atoms with Crippen molar-refractivity contribution in [2.75, 3.05) is 13.2 Å². The first-order valence-electron chi connectivity index (χ1n) is 7.05. The van der Waals surface area contributed by atoms with Gasteiger partial charge in [-0.1, -0.05) is 38.1 Å². The molecule has 0 radical (unpaired) electrons. The highest BCUT2D eigenvalue weighted by Crippen LogP contribution is 2.12. The predicted octanol–water partition coefficient (Wildman–Crippen LogP) is 2.68. The minimum Gasteiger partial charge on any atom is -0.465 e. The summed E-state index contributed by atoms with van der Waals surface area (Å²) in [5, 5.41) is 0. The van der Waals surface area contributed by atoms with E-state index < -0.39 is 0 Å². The maximum absolute atomic E-state index is 11.6. The molecule has 0 heterocycles. The minimum atomic E-state index is -0.263. The summed E-state index contributed by atoms with van der Waals surface area (Å²) >= 11 is 0. The fraction of sp³-hybridized carbons (Fsp3) is 0.500. The van der Waals surface area contributed by atoms with Crippen molar-refractivity contribution in [3.63, 3.8) is 0 Å². The summed E-state index contributed by atoms with van der Waals surface area (Å²) < 4.78 is 10.1. The van der Waals surface area contributed by atoms with Gasteiger partial charge in [-0.15, -0.1) is 0 Å². The Morgan fingerprint density at radius 2 is 1.25 bits per heavy atom. The molecule has 110 valence electrons. The van der Waals surface area contributed by atoms with Crippen molar-refractivity contribution in [3.05, 3.63) is 35.4 Å². The van der Waals surface area contributed by atoms with Crippen LogP contribution in [0.3, 0.4) is 0 Å². The molecule has 0 N–H and O–H groups in total. The molecule has 0 aliphatic rings. The van der Waals surface area contributed by atoms with Crippen LogP contribution >= 0.6 is 0 Å². The maximum Gasteiger partial charge on any atom is 0.310 e. The number of hydrogen-bond acceptors (Lipinski definition) is 4. The molecule has 0 atom stereocenters. The highest BCUT2D eigenvalue weighted by atomic mass is 16.5. The smallest absolute Gasteiger partial charge is 0.310 e. The van der Waals surface area contributed by atoms with Gasteiger partial charge >= 0.3 is 11.9 Å². The van der Waals surface area contributed by atoms with E-state index >= 15 is 0 Å². The zero-order valence-electron chi connectivity index (χ0n) is 12.2. The number of ether oxygens (including phenoxy) is 2. The molecule has 4 heteroatoms. The standard InChI is InChI=1S/C16H22O4/c1-3-9-19-15(17)11-13-7-5-6-8-14(13)12-16(18)20-10-4-2/h5-8H,3-4,9-12H2,1-2H3. The molecule has 1 rings (SSSR count). The molecular weight excluding hydrogens is 256 g/mol. The average molecular weight is 278 g/mol. The van der Waals surface area contributed by atoms with Crippen molar-refractivity contribution >= 4 is 11.9 Å². The molecule has 0 fully saturated rings. The number of hydrogen-bond donors (Lipinski definition) is 0. The molecule has 1 aromatic carbocycles. The topological polar surface area (TPSA) is 52.6 Å². The fourth-order valence-electron chi connectivity index (χ4n) is 1.75. The number of benzene rings is 1. The van der Waals surface area contributed by atoms with E-state index in [-0.39, 0.29) is 24.8 Å². The summed E-state index contributed by atoms with van der Waals surface area (Å²) in [6.07, 6.45) is 1.99. The van der Waals surface area contributed by atoms with Crippen LogP contribution in [0, 0.1) is 0 Å². The lowest BCUT2D eigenvalue weighted by Crippen LogP contribution is -2.13. The number of carbonyl (C=O) groups excluding carboxylic acids is 2. The minimum absolute atomic E-state index is 0.192. The number of esters is 2. The van der Waals surface area contributed by atoms with E-state index in [1.165, 1.54) is 0 Å². The van der Waals surface area contributed by atoms with Crippen molar-refractivity contribution in [2.24, 2.45) is 0 Å². The highest BCUT2D eigenvalue weighted by molar-refractivity contribution is 5.76. The summed E-state index contributed by atoms with van der Waals surface area (Å²) in [5.74, 6) is -0.526. The third kappa shape index (κ3) is 5.87. The van der Waals surface area contributed by atoms with Gasteiger partial charge < -0.3 is 9.47 Å². The molecule has 0 bridgehead atoms. The zero-order valence-corrected chi connectivity index (χ0v) is 12.2. The molecule has 0 spiro atoms. The molecule has 0 saturated carbocycles. The molecule has 0 aromatic heterocycles. The van der Waals surface area contributed by atoms with Crippen LogP contribution in [0.5, 0.6) is 0 Å². The van der Waals surface area contributed by atoms with Gasteiger partial charge in [-0.2, -0.15) is 0 Å². The van der Waals surface area contributed by atoms with Crippen LogP contribution in [0.4, 0.5) is 0 Å².